The molecule has 5 heteroatoms. The zero-order valence-electron chi connectivity index (χ0n) is 11.9. The number of carbonyl (C=O) groups excluding carboxylic acids is 1. The summed E-state index contributed by atoms with van der Waals surface area (Å²) in [6, 6.07) is 8.70. The first-order valence-corrected chi connectivity index (χ1v) is 7.01. The van der Waals surface area contributed by atoms with Crippen molar-refractivity contribution in [3.63, 3.8) is 0 Å². The molecule has 0 aromatic heterocycles. The number of aromatic hydroxyl groups is 1. The summed E-state index contributed by atoms with van der Waals surface area (Å²) < 4.78 is 26.2. The van der Waals surface area contributed by atoms with Gasteiger partial charge < -0.3 is 10.4 Å². The molecule has 114 valence electrons. The van der Waals surface area contributed by atoms with Gasteiger partial charge in [0.1, 0.15) is 5.75 Å². The van der Waals surface area contributed by atoms with Gasteiger partial charge in [-0.15, -0.1) is 0 Å². The molecule has 0 radical (unpaired) electrons. The van der Waals surface area contributed by atoms with Crippen LogP contribution >= 0.6 is 0 Å². The number of halogens is 2. The highest BCUT2D eigenvalue weighted by molar-refractivity contribution is 5.97. The summed E-state index contributed by atoms with van der Waals surface area (Å²) in [6.07, 6.45) is 0.587. The quantitative estimate of drug-likeness (QED) is 0.849. The zero-order chi connectivity index (χ0) is 15.9. The number of phenolic OH excluding ortho intramolecular Hbond substituents is 1. The lowest BCUT2D eigenvalue weighted by Gasteiger charge is -2.10. The molecule has 1 amide bonds. The van der Waals surface area contributed by atoms with E-state index >= 15 is 0 Å². The average Bonchev–Trinajstić information content (AvgIpc) is 3.26. The van der Waals surface area contributed by atoms with Crippen molar-refractivity contribution in [1.82, 2.24) is 0 Å². The third-order valence-corrected chi connectivity index (χ3v) is 4.00. The van der Waals surface area contributed by atoms with E-state index in [4.69, 9.17) is 0 Å². The third-order valence-electron chi connectivity index (χ3n) is 4.00. The zero-order valence-corrected chi connectivity index (χ0v) is 11.9. The lowest BCUT2D eigenvalue weighted by Crippen LogP contribution is -2.15. The molecule has 0 bridgehead atoms. The van der Waals surface area contributed by atoms with Gasteiger partial charge in [0.25, 0.3) is 0 Å². The molecule has 2 aromatic rings. The number of hydrogen-bond donors (Lipinski definition) is 2. The normalized spacial score (nSPS) is 19.8. The van der Waals surface area contributed by atoms with Gasteiger partial charge in [-0.25, -0.2) is 8.78 Å². The van der Waals surface area contributed by atoms with Crippen LogP contribution in [-0.2, 0) is 4.79 Å². The van der Waals surface area contributed by atoms with Gasteiger partial charge in [-0.05, 0) is 48.6 Å². The molecule has 3 rings (SSSR count). The molecular formula is C17H15F2NO2. The molecule has 2 atom stereocenters. The van der Waals surface area contributed by atoms with Crippen LogP contribution in [0.4, 0.5) is 14.5 Å². The monoisotopic (exact) mass is 303 g/mol. The van der Waals surface area contributed by atoms with Gasteiger partial charge in [0.05, 0.1) is 5.69 Å². The average molecular weight is 303 g/mol. The molecule has 3 nitrogen and oxygen atoms in total. The van der Waals surface area contributed by atoms with Crippen LogP contribution in [0, 0.1) is 24.5 Å². The second-order valence-corrected chi connectivity index (χ2v) is 5.58. The van der Waals surface area contributed by atoms with E-state index in [-0.39, 0.29) is 23.5 Å². The standard InChI is InChI=1S/C17H15F2NO2/c1-9-3-2-4-15(21)16(9)20-17(22)12-8-11(12)10-5-6-13(18)14(19)7-10/h2-7,11-12,21H,8H2,1H3,(H,20,22)/t11-,12+/m0/s1. The Morgan fingerprint density at radius 3 is 2.68 bits per heavy atom. The van der Waals surface area contributed by atoms with E-state index < -0.39 is 11.6 Å². The third kappa shape index (κ3) is 2.66. The van der Waals surface area contributed by atoms with Crippen LogP contribution in [0.25, 0.3) is 0 Å². The fraction of sp³-hybridized carbons (Fsp3) is 0.235. The largest absolute Gasteiger partial charge is 0.506 e. The van der Waals surface area contributed by atoms with E-state index in [1.54, 1.807) is 19.1 Å². The molecule has 2 aromatic carbocycles. The van der Waals surface area contributed by atoms with Crippen molar-refractivity contribution >= 4 is 11.6 Å². The van der Waals surface area contributed by atoms with Crippen LogP contribution in [0.5, 0.6) is 5.75 Å². The van der Waals surface area contributed by atoms with Crippen molar-refractivity contribution in [2.45, 2.75) is 19.3 Å². The lowest BCUT2D eigenvalue weighted by molar-refractivity contribution is -0.117. The van der Waals surface area contributed by atoms with Crippen LogP contribution in [0.2, 0.25) is 0 Å². The fourth-order valence-electron chi connectivity index (χ4n) is 2.63. The number of rotatable bonds is 3. The number of phenols is 1. The molecule has 2 N–H and O–H groups in total. The number of benzene rings is 2. The Balaban J connectivity index is 1.72. The second kappa shape index (κ2) is 5.40. The molecule has 22 heavy (non-hydrogen) atoms. The minimum absolute atomic E-state index is 0.0124. The van der Waals surface area contributed by atoms with E-state index in [9.17, 15) is 18.7 Å². The van der Waals surface area contributed by atoms with Crippen molar-refractivity contribution in [2.75, 3.05) is 5.32 Å². The molecule has 1 fully saturated rings. The number of aryl methyl sites for hydroxylation is 1. The molecule has 0 unspecified atom stereocenters. The summed E-state index contributed by atoms with van der Waals surface area (Å²) in [4.78, 5) is 12.2. The first kappa shape index (κ1) is 14.5. The Bertz CT molecular complexity index is 725. The molecule has 0 saturated heterocycles. The highest BCUT2D eigenvalue weighted by Gasteiger charge is 2.44. The Labute approximate surface area is 126 Å². The van der Waals surface area contributed by atoms with Crippen molar-refractivity contribution in [2.24, 2.45) is 5.92 Å². The summed E-state index contributed by atoms with van der Waals surface area (Å²) in [5, 5.41) is 12.5. The van der Waals surface area contributed by atoms with Gasteiger partial charge in [0, 0.05) is 5.92 Å². The molecular weight excluding hydrogens is 288 g/mol. The van der Waals surface area contributed by atoms with Crippen molar-refractivity contribution in [3.05, 3.63) is 59.2 Å². The maximum Gasteiger partial charge on any atom is 0.228 e. The highest BCUT2D eigenvalue weighted by atomic mass is 19.2. The van der Waals surface area contributed by atoms with Gasteiger partial charge in [-0.2, -0.15) is 0 Å². The van der Waals surface area contributed by atoms with Gasteiger partial charge in [0.15, 0.2) is 11.6 Å². The highest BCUT2D eigenvalue weighted by Crippen LogP contribution is 2.48. The first-order valence-electron chi connectivity index (χ1n) is 7.01. The molecule has 0 aliphatic heterocycles. The van der Waals surface area contributed by atoms with Gasteiger partial charge in [-0.1, -0.05) is 18.2 Å². The predicted molar refractivity (Wildman–Crippen MR) is 78.7 cm³/mol. The summed E-state index contributed by atoms with van der Waals surface area (Å²) in [7, 11) is 0. The Morgan fingerprint density at radius 1 is 1.23 bits per heavy atom. The van der Waals surface area contributed by atoms with Gasteiger partial charge in [0.2, 0.25) is 5.91 Å². The van der Waals surface area contributed by atoms with E-state index in [1.165, 1.54) is 12.1 Å². The Morgan fingerprint density at radius 2 is 2.00 bits per heavy atom. The molecule has 1 aliphatic carbocycles. The van der Waals surface area contributed by atoms with Crippen LogP contribution in [0.1, 0.15) is 23.5 Å². The fourth-order valence-corrected chi connectivity index (χ4v) is 2.63. The van der Waals surface area contributed by atoms with Gasteiger partial charge >= 0.3 is 0 Å². The summed E-state index contributed by atoms with van der Waals surface area (Å²) in [5.41, 5.74) is 1.77. The maximum atomic E-state index is 13.2. The number of anilines is 1. The summed E-state index contributed by atoms with van der Waals surface area (Å²) in [6.45, 7) is 1.79. The van der Waals surface area contributed by atoms with Crippen LogP contribution in [0.15, 0.2) is 36.4 Å². The summed E-state index contributed by atoms with van der Waals surface area (Å²) >= 11 is 0. The van der Waals surface area contributed by atoms with Crippen molar-refractivity contribution < 1.29 is 18.7 Å². The Kier molecular flexibility index (Phi) is 3.56. The summed E-state index contributed by atoms with van der Waals surface area (Å²) in [5.74, 6) is -2.40. The minimum Gasteiger partial charge on any atom is -0.506 e. The first-order chi connectivity index (χ1) is 10.5. The lowest BCUT2D eigenvalue weighted by atomic mass is 10.1. The predicted octanol–water partition coefficient (Wildman–Crippen LogP) is 3.72. The van der Waals surface area contributed by atoms with E-state index in [0.29, 0.717) is 17.7 Å². The van der Waals surface area contributed by atoms with Crippen LogP contribution in [-0.4, -0.2) is 11.0 Å². The van der Waals surface area contributed by atoms with E-state index in [2.05, 4.69) is 5.32 Å². The Hall–Kier alpha value is -2.43. The molecule has 1 saturated carbocycles. The minimum atomic E-state index is -0.903. The number of carbonyl (C=O) groups is 1. The number of hydrogen-bond acceptors (Lipinski definition) is 2. The van der Waals surface area contributed by atoms with E-state index in [1.807, 2.05) is 0 Å². The number of para-hydroxylation sites is 1. The smallest absolute Gasteiger partial charge is 0.228 e. The van der Waals surface area contributed by atoms with E-state index in [0.717, 1.165) is 17.7 Å². The molecule has 0 spiro atoms. The van der Waals surface area contributed by atoms with Crippen LogP contribution in [0.3, 0.4) is 0 Å². The topological polar surface area (TPSA) is 49.3 Å². The maximum absolute atomic E-state index is 13.2. The van der Waals surface area contributed by atoms with Crippen molar-refractivity contribution in [3.8, 4) is 5.75 Å². The van der Waals surface area contributed by atoms with Crippen molar-refractivity contribution in [1.29, 1.82) is 0 Å². The molecule has 0 heterocycles. The molecule has 1 aliphatic rings. The number of amides is 1. The van der Waals surface area contributed by atoms with Crippen LogP contribution < -0.4 is 5.32 Å². The second-order valence-electron chi connectivity index (χ2n) is 5.58. The SMILES string of the molecule is Cc1cccc(O)c1NC(=O)[C@@H]1C[C@H]1c1ccc(F)c(F)c1. The number of nitrogens with one attached hydrogen (secondary N) is 1. The van der Waals surface area contributed by atoms with Gasteiger partial charge in [-0.3, -0.25) is 4.79 Å².